The van der Waals surface area contributed by atoms with Gasteiger partial charge in [-0.2, -0.15) is 14.9 Å². The van der Waals surface area contributed by atoms with Crippen LogP contribution in [0.2, 0.25) is 0 Å². The summed E-state index contributed by atoms with van der Waals surface area (Å²) in [5.74, 6) is 0.539. The summed E-state index contributed by atoms with van der Waals surface area (Å²) in [6.07, 6.45) is 1.87. The minimum absolute atomic E-state index is 0.164. The van der Waals surface area contributed by atoms with Crippen molar-refractivity contribution in [3.63, 3.8) is 0 Å². The van der Waals surface area contributed by atoms with Gasteiger partial charge in [-0.05, 0) is 48.9 Å². The van der Waals surface area contributed by atoms with Gasteiger partial charge in [0.1, 0.15) is 16.8 Å². The van der Waals surface area contributed by atoms with Crippen LogP contribution >= 0.6 is 0 Å². The Balaban J connectivity index is 1.72. The topological polar surface area (TPSA) is 84.1 Å². The second-order valence-corrected chi connectivity index (χ2v) is 7.21. The zero-order valence-electron chi connectivity index (χ0n) is 20.4. The van der Waals surface area contributed by atoms with Crippen molar-refractivity contribution in [1.29, 1.82) is 0 Å². The zero-order chi connectivity index (χ0) is 24.7. The van der Waals surface area contributed by atoms with Gasteiger partial charge in [0.25, 0.3) is 5.56 Å². The van der Waals surface area contributed by atoms with Crippen molar-refractivity contribution in [2.24, 2.45) is 7.05 Å². The van der Waals surface area contributed by atoms with Gasteiger partial charge in [-0.25, -0.2) is 4.98 Å². The van der Waals surface area contributed by atoms with Crippen molar-refractivity contribution >= 4 is 21.9 Å². The summed E-state index contributed by atoms with van der Waals surface area (Å²) < 4.78 is 35.4. The Kier molecular flexibility index (Phi) is 4.02. The number of methoxy groups -OCH3 is 1. The number of pyridine rings is 1. The monoisotopic (exact) mass is 430 g/mol. The molecule has 0 aliphatic rings. The molecule has 5 rings (SSSR count). The number of fused-ring (bicyclic) bond motifs is 2. The van der Waals surface area contributed by atoms with Gasteiger partial charge >= 0.3 is 0 Å². The minimum atomic E-state index is -2.57. The molecule has 5 aromatic rings. The smallest absolute Gasteiger partial charge is 0.281 e. The van der Waals surface area contributed by atoms with Gasteiger partial charge < -0.3 is 9.47 Å². The van der Waals surface area contributed by atoms with Crippen molar-refractivity contribution in [2.45, 2.75) is 6.92 Å². The average Bonchev–Trinajstić information content (AvgIpc) is 3.18. The highest BCUT2D eigenvalue weighted by atomic mass is 16.5. The van der Waals surface area contributed by atoms with Gasteiger partial charge in [-0.1, -0.05) is 12.1 Å². The molecule has 0 amide bonds. The van der Waals surface area contributed by atoms with E-state index in [1.165, 1.54) is 16.8 Å². The molecule has 0 atom stereocenters. The minimum Gasteiger partial charge on any atom is -0.497 e. The molecule has 0 saturated heterocycles. The third-order valence-electron chi connectivity index (χ3n) is 5.10. The molecule has 8 nitrogen and oxygen atoms in total. The normalized spacial score (nSPS) is 13.0. The van der Waals surface area contributed by atoms with Crippen LogP contribution in [0.25, 0.3) is 38.8 Å². The summed E-state index contributed by atoms with van der Waals surface area (Å²) in [7, 11) is -0.740. The number of rotatable bonds is 5. The maximum atomic E-state index is 13.8. The summed E-state index contributed by atoms with van der Waals surface area (Å²) in [5, 5.41) is 9.82. The largest absolute Gasteiger partial charge is 0.497 e. The average molecular weight is 430 g/mol. The summed E-state index contributed by atoms with van der Waals surface area (Å²) >= 11 is 0. The molecule has 32 heavy (non-hydrogen) atoms. The lowest BCUT2D eigenvalue weighted by Crippen LogP contribution is -2.23. The van der Waals surface area contributed by atoms with Gasteiger partial charge in [-0.3, -0.25) is 9.48 Å². The Morgan fingerprint density at radius 2 is 1.84 bits per heavy atom. The van der Waals surface area contributed by atoms with Crippen LogP contribution < -0.4 is 15.0 Å². The van der Waals surface area contributed by atoms with Crippen LogP contribution in [0, 0.1) is 0 Å². The fourth-order valence-corrected chi connectivity index (χ4v) is 3.68. The number of aryl methyl sites for hydroxylation is 1. The summed E-state index contributed by atoms with van der Waals surface area (Å²) in [5.41, 5.74) is 2.72. The van der Waals surface area contributed by atoms with E-state index in [4.69, 9.17) is 13.6 Å². The summed E-state index contributed by atoms with van der Waals surface area (Å²) in [4.78, 5) is 18.3. The molecule has 0 N–H and O–H groups in total. The third kappa shape index (κ3) is 3.35. The molecule has 2 aromatic carbocycles. The highest BCUT2D eigenvalue weighted by Gasteiger charge is 2.17. The molecular weight excluding hydrogens is 406 g/mol. The molecule has 0 fully saturated rings. The van der Waals surface area contributed by atoms with Crippen molar-refractivity contribution in [2.75, 3.05) is 13.6 Å². The first-order valence-electron chi connectivity index (χ1n) is 11.5. The van der Waals surface area contributed by atoms with Crippen LogP contribution in [0.3, 0.4) is 0 Å². The fourth-order valence-electron chi connectivity index (χ4n) is 3.68. The van der Waals surface area contributed by atoms with Crippen molar-refractivity contribution in [3.05, 3.63) is 71.1 Å². The van der Waals surface area contributed by atoms with Gasteiger partial charge in [0.2, 0.25) is 5.88 Å². The zero-order valence-corrected chi connectivity index (χ0v) is 17.4. The van der Waals surface area contributed by atoms with E-state index in [0.717, 1.165) is 10.9 Å². The standard InChI is InChI=1S/C24H21N5O3/c1-4-32-21-12-11-20-23(25-21)22(15-5-8-18(31-3)9-6-15)24(30)29(27-20)17-7-10-19-16(13-17)14-28(2)26-19/h5-14H,4H2,1-3H3/i3D3. The fraction of sp³-hybridized carbons (Fsp3) is 0.167. The van der Waals surface area contributed by atoms with Crippen molar-refractivity contribution in [1.82, 2.24) is 24.5 Å². The van der Waals surface area contributed by atoms with E-state index >= 15 is 0 Å². The Labute approximate surface area is 187 Å². The number of hydrogen-bond acceptors (Lipinski definition) is 6. The van der Waals surface area contributed by atoms with E-state index in [-0.39, 0.29) is 11.3 Å². The SMILES string of the molecule is [2H]C([2H])([2H])Oc1ccc(-c2c(=O)n(-c3ccc4nn(C)cc4c3)nc3ccc(OCC)nc23)cc1. The molecule has 3 heterocycles. The predicted octanol–water partition coefficient (Wildman–Crippen LogP) is 3.74. The van der Waals surface area contributed by atoms with Crippen molar-refractivity contribution in [3.8, 4) is 28.4 Å². The Morgan fingerprint density at radius 3 is 2.62 bits per heavy atom. The van der Waals surface area contributed by atoms with Crippen LogP contribution in [0.4, 0.5) is 0 Å². The molecule has 0 aliphatic heterocycles. The first-order chi connectivity index (χ1) is 16.7. The first kappa shape index (κ1) is 16.5. The maximum absolute atomic E-state index is 13.8. The Morgan fingerprint density at radius 1 is 1.03 bits per heavy atom. The lowest BCUT2D eigenvalue weighted by atomic mass is 10.1. The predicted molar refractivity (Wildman–Crippen MR) is 123 cm³/mol. The number of ether oxygens (including phenoxy) is 2. The molecule has 0 radical (unpaired) electrons. The van der Waals surface area contributed by atoms with Gasteiger partial charge in [0.15, 0.2) is 0 Å². The number of nitrogens with zero attached hydrogens (tertiary/aromatic N) is 5. The van der Waals surface area contributed by atoms with E-state index in [9.17, 15) is 4.79 Å². The Bertz CT molecular complexity index is 1610. The maximum Gasteiger partial charge on any atom is 0.281 e. The second-order valence-electron chi connectivity index (χ2n) is 7.21. The van der Waals surface area contributed by atoms with E-state index in [1.807, 2.05) is 32.3 Å². The van der Waals surface area contributed by atoms with E-state index < -0.39 is 7.04 Å². The van der Waals surface area contributed by atoms with Crippen LogP contribution in [-0.2, 0) is 7.05 Å². The molecular formula is C24H21N5O3. The van der Waals surface area contributed by atoms with E-state index in [2.05, 4.69) is 15.2 Å². The highest BCUT2D eigenvalue weighted by Crippen LogP contribution is 2.27. The van der Waals surface area contributed by atoms with E-state index in [0.29, 0.717) is 40.3 Å². The quantitative estimate of drug-likeness (QED) is 0.422. The van der Waals surface area contributed by atoms with Gasteiger partial charge in [0.05, 0.1) is 34.5 Å². The molecule has 8 heteroatoms. The van der Waals surface area contributed by atoms with Crippen molar-refractivity contribution < 1.29 is 13.6 Å². The summed E-state index contributed by atoms with van der Waals surface area (Å²) in [6.45, 7) is 2.27. The lowest BCUT2D eigenvalue weighted by molar-refractivity contribution is 0.328. The number of hydrogen-bond donors (Lipinski definition) is 0. The molecule has 0 saturated carbocycles. The molecule has 0 unspecified atom stereocenters. The van der Waals surface area contributed by atoms with Crippen LogP contribution in [0.5, 0.6) is 11.6 Å². The molecule has 0 aliphatic carbocycles. The molecule has 0 spiro atoms. The van der Waals surface area contributed by atoms with E-state index in [1.54, 1.807) is 35.0 Å². The second kappa shape index (κ2) is 7.81. The van der Waals surface area contributed by atoms with Gasteiger partial charge in [-0.15, -0.1) is 0 Å². The molecule has 3 aromatic heterocycles. The van der Waals surface area contributed by atoms with Crippen LogP contribution in [0.15, 0.2) is 65.6 Å². The summed E-state index contributed by atoms with van der Waals surface area (Å²) in [6, 6.07) is 15.2. The molecule has 0 bridgehead atoms. The highest BCUT2D eigenvalue weighted by molar-refractivity contribution is 5.91. The number of benzene rings is 2. The molecule has 160 valence electrons. The van der Waals surface area contributed by atoms with Crippen LogP contribution in [0.1, 0.15) is 11.0 Å². The first-order valence-corrected chi connectivity index (χ1v) is 10.0. The number of aromatic nitrogens is 5. The van der Waals surface area contributed by atoms with Crippen LogP contribution in [-0.4, -0.2) is 38.2 Å². The Hall–Kier alpha value is -4.20. The lowest BCUT2D eigenvalue weighted by Gasteiger charge is -2.12. The third-order valence-corrected chi connectivity index (χ3v) is 5.10. The van der Waals surface area contributed by atoms with Gasteiger partial charge in [0, 0.05) is 24.7 Å².